The quantitative estimate of drug-likeness (QED) is 0.436. The Bertz CT molecular complexity index is 581. The smallest absolute Gasteiger partial charge is 0.337 e. The predicted octanol–water partition coefficient (Wildman–Crippen LogP) is 1.68. The Kier molecular flexibility index (Phi) is 7.59. The lowest BCUT2D eigenvalue weighted by atomic mass is 10.1. The minimum Gasteiger partial charge on any atom is -0.478 e. The van der Waals surface area contributed by atoms with E-state index in [1.165, 1.54) is 18.2 Å². The summed E-state index contributed by atoms with van der Waals surface area (Å²) in [6.45, 7) is 5.00. The highest BCUT2D eigenvalue weighted by Gasteiger charge is 2.16. The molecule has 102 valence electrons. The number of terminal acetylenes is 1. The van der Waals surface area contributed by atoms with Crippen molar-refractivity contribution in [3.05, 3.63) is 47.7 Å². The molecule has 0 aromatic heterocycles. The third-order valence-corrected chi connectivity index (χ3v) is 2.12. The molecule has 20 heavy (non-hydrogen) atoms. The van der Waals surface area contributed by atoms with Gasteiger partial charge < -0.3 is 10.4 Å². The van der Waals surface area contributed by atoms with Crippen molar-refractivity contribution in [3.8, 4) is 18.4 Å². The number of nitriles is 1. The molecule has 5 nitrogen and oxygen atoms in total. The number of nitrogens with zero attached hydrogens (tertiary/aromatic N) is 1. The second-order valence-corrected chi connectivity index (χ2v) is 3.55. The topological polar surface area (TPSA) is 90.2 Å². The summed E-state index contributed by atoms with van der Waals surface area (Å²) in [6.07, 6.45) is 10.2. The maximum absolute atomic E-state index is 11.8. The molecule has 0 bridgehead atoms. The van der Waals surface area contributed by atoms with Gasteiger partial charge in [-0.2, -0.15) is 5.26 Å². The highest BCUT2D eigenvalue weighted by atomic mass is 16.4. The summed E-state index contributed by atoms with van der Waals surface area (Å²) in [7, 11) is 0. The number of aliphatic carboxylic acids is 1. The van der Waals surface area contributed by atoms with Crippen LogP contribution in [0.3, 0.4) is 0 Å². The lowest BCUT2D eigenvalue weighted by molar-refractivity contribution is -0.132. The maximum atomic E-state index is 11.8. The number of hydrogen-bond donors (Lipinski definition) is 2. The van der Waals surface area contributed by atoms with Crippen molar-refractivity contribution in [2.24, 2.45) is 0 Å². The molecule has 2 N–H and O–H groups in total. The summed E-state index contributed by atoms with van der Waals surface area (Å²) in [5, 5.41) is 20.0. The Balaban J connectivity index is 5.42. The van der Waals surface area contributed by atoms with Crippen LogP contribution in [-0.2, 0) is 9.59 Å². The lowest BCUT2D eigenvalue weighted by Crippen LogP contribution is -2.26. The fourth-order valence-corrected chi connectivity index (χ4v) is 1.20. The maximum Gasteiger partial charge on any atom is 0.337 e. The monoisotopic (exact) mass is 270 g/mol. The van der Waals surface area contributed by atoms with E-state index in [1.807, 2.05) is 0 Å². The summed E-state index contributed by atoms with van der Waals surface area (Å²) >= 11 is 0. The number of carbonyl (C=O) groups excluding carboxylic acids is 1. The Morgan fingerprint density at radius 2 is 2.15 bits per heavy atom. The highest BCUT2D eigenvalue weighted by Crippen LogP contribution is 2.10. The minimum absolute atomic E-state index is 0.0444. The first-order chi connectivity index (χ1) is 9.47. The van der Waals surface area contributed by atoms with E-state index >= 15 is 0 Å². The molecular formula is C15H14N2O3. The van der Waals surface area contributed by atoms with Crippen LogP contribution in [0, 0.1) is 23.7 Å². The van der Waals surface area contributed by atoms with Crippen LogP contribution in [0.2, 0.25) is 0 Å². The molecule has 0 fully saturated rings. The number of amides is 1. The summed E-state index contributed by atoms with van der Waals surface area (Å²) < 4.78 is 0. The molecule has 0 spiro atoms. The Morgan fingerprint density at radius 3 is 2.60 bits per heavy atom. The zero-order valence-electron chi connectivity index (χ0n) is 11.0. The van der Waals surface area contributed by atoms with Gasteiger partial charge in [0.05, 0.1) is 23.8 Å². The molecule has 0 atom stereocenters. The number of hydrogen-bond acceptors (Lipinski definition) is 3. The van der Waals surface area contributed by atoms with E-state index in [2.05, 4.69) is 17.8 Å². The van der Waals surface area contributed by atoms with Gasteiger partial charge in [-0.15, -0.1) is 6.42 Å². The van der Waals surface area contributed by atoms with Crippen molar-refractivity contribution in [2.45, 2.75) is 13.3 Å². The van der Waals surface area contributed by atoms with Gasteiger partial charge in [-0.1, -0.05) is 30.7 Å². The van der Waals surface area contributed by atoms with Crippen molar-refractivity contribution in [1.82, 2.24) is 5.32 Å². The number of carboxylic acid groups (broad SMARTS) is 1. The van der Waals surface area contributed by atoms with Crippen LogP contribution in [0.1, 0.15) is 13.3 Å². The van der Waals surface area contributed by atoms with Gasteiger partial charge >= 0.3 is 5.97 Å². The van der Waals surface area contributed by atoms with E-state index < -0.39 is 11.9 Å². The number of carboxylic acids is 1. The number of rotatable bonds is 6. The summed E-state index contributed by atoms with van der Waals surface area (Å²) in [4.78, 5) is 22.9. The Labute approximate surface area is 117 Å². The van der Waals surface area contributed by atoms with Crippen LogP contribution in [0.5, 0.6) is 0 Å². The average molecular weight is 270 g/mol. The second kappa shape index (κ2) is 8.96. The molecule has 0 radical (unpaired) electrons. The highest BCUT2D eigenvalue weighted by molar-refractivity contribution is 5.98. The van der Waals surface area contributed by atoms with Crippen molar-refractivity contribution >= 4 is 11.9 Å². The molecule has 0 aromatic rings. The van der Waals surface area contributed by atoms with Crippen molar-refractivity contribution < 1.29 is 14.7 Å². The van der Waals surface area contributed by atoms with Gasteiger partial charge in [0, 0.05) is 11.6 Å². The van der Waals surface area contributed by atoms with Crippen molar-refractivity contribution in [2.75, 3.05) is 0 Å². The van der Waals surface area contributed by atoms with Crippen LogP contribution in [0.15, 0.2) is 47.7 Å². The predicted molar refractivity (Wildman–Crippen MR) is 75.0 cm³/mol. The Hall–Kier alpha value is -3.05. The van der Waals surface area contributed by atoms with Gasteiger partial charge in [0.1, 0.15) is 0 Å². The standard InChI is InChI=1S/C15H14N2O3/c1-4-7-11(3)14(18)17-13(8-5-2)12(15(19)20)9-6-10-16/h2,4,7-9H,1,6H2,3H3,(H,17,18)(H,19,20)/b11-7+,12-9+,13-8+. The molecule has 5 heteroatoms. The van der Waals surface area contributed by atoms with Gasteiger partial charge in [0.2, 0.25) is 0 Å². The van der Waals surface area contributed by atoms with Crippen LogP contribution in [0.25, 0.3) is 0 Å². The second-order valence-electron chi connectivity index (χ2n) is 3.55. The first-order valence-corrected chi connectivity index (χ1v) is 5.55. The van der Waals surface area contributed by atoms with Gasteiger partial charge in [-0.25, -0.2) is 4.79 Å². The molecule has 0 unspecified atom stereocenters. The van der Waals surface area contributed by atoms with Crippen LogP contribution in [-0.4, -0.2) is 17.0 Å². The van der Waals surface area contributed by atoms with Crippen LogP contribution >= 0.6 is 0 Å². The SMILES string of the molecule is C#C/C=C(NC(=O)/C(C)=C/C=C)\C(=C/CC#N)C(=O)O. The van der Waals surface area contributed by atoms with E-state index in [0.29, 0.717) is 5.57 Å². The van der Waals surface area contributed by atoms with E-state index in [-0.39, 0.29) is 17.7 Å². The van der Waals surface area contributed by atoms with Gasteiger partial charge in [0.15, 0.2) is 0 Å². The molecule has 0 rings (SSSR count). The number of allylic oxidation sites excluding steroid dienone is 4. The summed E-state index contributed by atoms with van der Waals surface area (Å²) in [5.74, 6) is 0.363. The molecule has 1 amide bonds. The molecule has 0 aliphatic carbocycles. The molecule has 0 aliphatic rings. The molecule has 0 heterocycles. The fourth-order valence-electron chi connectivity index (χ4n) is 1.20. The van der Waals surface area contributed by atoms with Crippen LogP contribution < -0.4 is 5.32 Å². The first kappa shape index (κ1) is 16.9. The number of nitrogens with one attached hydrogen (secondary N) is 1. The third kappa shape index (κ3) is 5.52. The van der Waals surface area contributed by atoms with E-state index in [4.69, 9.17) is 16.8 Å². The molecule has 0 aromatic carbocycles. The minimum atomic E-state index is -1.28. The molecule has 0 saturated heterocycles. The Morgan fingerprint density at radius 1 is 1.50 bits per heavy atom. The summed E-state index contributed by atoms with van der Waals surface area (Å²) in [5.41, 5.74) is 0.0641. The van der Waals surface area contributed by atoms with Crippen molar-refractivity contribution in [1.29, 1.82) is 5.26 Å². The third-order valence-electron chi connectivity index (χ3n) is 2.12. The normalized spacial score (nSPS) is 12.1. The zero-order chi connectivity index (χ0) is 15.5. The summed E-state index contributed by atoms with van der Waals surface area (Å²) in [6, 6.07) is 1.79. The van der Waals surface area contributed by atoms with E-state index in [9.17, 15) is 9.59 Å². The van der Waals surface area contributed by atoms with Crippen LogP contribution in [0.4, 0.5) is 0 Å². The molecule has 0 saturated carbocycles. The first-order valence-electron chi connectivity index (χ1n) is 5.55. The van der Waals surface area contributed by atoms with Gasteiger partial charge in [0.25, 0.3) is 5.91 Å². The number of carbonyl (C=O) groups is 2. The van der Waals surface area contributed by atoms with E-state index in [0.717, 1.165) is 6.08 Å². The van der Waals surface area contributed by atoms with Crippen molar-refractivity contribution in [3.63, 3.8) is 0 Å². The van der Waals surface area contributed by atoms with E-state index in [1.54, 1.807) is 13.0 Å². The zero-order valence-corrected chi connectivity index (χ0v) is 11.0. The lowest BCUT2D eigenvalue weighted by Gasteiger charge is -2.10. The average Bonchev–Trinajstić information content (AvgIpc) is 2.39. The van der Waals surface area contributed by atoms with Gasteiger partial charge in [-0.05, 0) is 6.92 Å². The largest absolute Gasteiger partial charge is 0.478 e. The molecular weight excluding hydrogens is 256 g/mol. The molecule has 0 aliphatic heterocycles. The van der Waals surface area contributed by atoms with Gasteiger partial charge in [-0.3, -0.25) is 4.79 Å². The fraction of sp³-hybridized carbons (Fsp3) is 0.133.